The van der Waals surface area contributed by atoms with E-state index in [0.717, 1.165) is 17.9 Å². The topological polar surface area (TPSA) is 20.3 Å². The number of carbonyl (C=O) groups excluding carboxylic acids is 1. The van der Waals surface area contributed by atoms with Gasteiger partial charge in [0, 0.05) is 19.3 Å². The Labute approximate surface area is 79.6 Å². The summed E-state index contributed by atoms with van der Waals surface area (Å²) in [4.78, 5) is 13.4. The predicted octanol–water partition coefficient (Wildman–Crippen LogP) is 1.93. The van der Waals surface area contributed by atoms with Crippen LogP contribution in [0.3, 0.4) is 0 Å². The summed E-state index contributed by atoms with van der Waals surface area (Å²) in [6, 6.07) is 1.91. The molecule has 1 amide bonds. The molecule has 0 fully saturated rings. The normalized spacial score (nSPS) is 17.4. The van der Waals surface area contributed by atoms with Crippen LogP contribution in [0.4, 0.5) is 0 Å². The van der Waals surface area contributed by atoms with Crippen molar-refractivity contribution in [3.8, 4) is 0 Å². The molecule has 1 aromatic heterocycles. The first kappa shape index (κ1) is 8.13. The number of hydrogen-bond acceptors (Lipinski definition) is 3. The summed E-state index contributed by atoms with van der Waals surface area (Å²) in [5, 5.41) is 1.98. The van der Waals surface area contributed by atoms with Crippen LogP contribution >= 0.6 is 23.1 Å². The fourth-order valence-electron chi connectivity index (χ4n) is 1.15. The van der Waals surface area contributed by atoms with Gasteiger partial charge in [0.1, 0.15) is 0 Å². The van der Waals surface area contributed by atoms with Gasteiger partial charge < -0.3 is 4.90 Å². The first-order valence-electron chi connectivity index (χ1n) is 3.75. The van der Waals surface area contributed by atoms with Gasteiger partial charge in [-0.15, -0.1) is 23.1 Å². The Kier molecular flexibility index (Phi) is 2.11. The molecule has 4 heteroatoms. The number of carbonyl (C=O) groups is 1. The Balaban J connectivity index is 2.41. The van der Waals surface area contributed by atoms with E-state index in [-0.39, 0.29) is 5.91 Å². The Morgan fingerprint density at radius 2 is 2.42 bits per heavy atom. The van der Waals surface area contributed by atoms with Crippen LogP contribution in [0.25, 0.3) is 0 Å². The molecule has 0 aromatic carbocycles. The zero-order valence-corrected chi connectivity index (χ0v) is 8.37. The van der Waals surface area contributed by atoms with Gasteiger partial charge in [-0.05, 0) is 11.4 Å². The van der Waals surface area contributed by atoms with Gasteiger partial charge in [-0.3, -0.25) is 4.79 Å². The number of amides is 1. The maximum Gasteiger partial charge on any atom is 0.255 e. The van der Waals surface area contributed by atoms with Crippen LogP contribution in [0.2, 0.25) is 0 Å². The van der Waals surface area contributed by atoms with Crippen molar-refractivity contribution in [3.05, 3.63) is 17.0 Å². The molecule has 0 bridgehead atoms. The summed E-state index contributed by atoms with van der Waals surface area (Å²) in [5.41, 5.74) is 0.880. The second-order valence-corrected chi connectivity index (χ2v) is 4.98. The highest BCUT2D eigenvalue weighted by molar-refractivity contribution is 8.01. The Morgan fingerprint density at radius 1 is 1.58 bits per heavy atom. The second-order valence-electron chi connectivity index (χ2n) is 2.70. The van der Waals surface area contributed by atoms with E-state index < -0.39 is 0 Å². The number of fused-ring (bicyclic) bond motifs is 1. The van der Waals surface area contributed by atoms with E-state index in [2.05, 4.69) is 0 Å². The summed E-state index contributed by atoms with van der Waals surface area (Å²) < 4.78 is 1.17. The van der Waals surface area contributed by atoms with Crippen molar-refractivity contribution in [3.63, 3.8) is 0 Å². The molecule has 0 atom stereocenters. The lowest BCUT2D eigenvalue weighted by molar-refractivity contribution is 0.0803. The van der Waals surface area contributed by atoms with Crippen molar-refractivity contribution in [1.29, 1.82) is 0 Å². The third-order valence-corrected chi connectivity index (χ3v) is 4.08. The van der Waals surface area contributed by atoms with Crippen molar-refractivity contribution in [2.75, 3.05) is 19.3 Å². The number of hydrogen-bond donors (Lipinski definition) is 0. The highest BCUT2D eigenvalue weighted by atomic mass is 32.2. The quantitative estimate of drug-likeness (QED) is 0.636. The van der Waals surface area contributed by atoms with Gasteiger partial charge in [-0.25, -0.2) is 0 Å². The van der Waals surface area contributed by atoms with Gasteiger partial charge in [0.25, 0.3) is 5.91 Å². The van der Waals surface area contributed by atoms with Crippen molar-refractivity contribution < 1.29 is 4.79 Å². The predicted molar refractivity (Wildman–Crippen MR) is 52.0 cm³/mol. The molecular weight excluding hydrogens is 190 g/mol. The van der Waals surface area contributed by atoms with Crippen LogP contribution in [0.15, 0.2) is 15.7 Å². The second kappa shape index (κ2) is 3.11. The molecule has 1 aliphatic rings. The van der Waals surface area contributed by atoms with Crippen molar-refractivity contribution >= 4 is 29.0 Å². The maximum absolute atomic E-state index is 11.6. The van der Waals surface area contributed by atoms with Crippen LogP contribution in [0.1, 0.15) is 10.4 Å². The molecule has 2 rings (SSSR count). The third kappa shape index (κ3) is 1.25. The summed E-state index contributed by atoms with van der Waals surface area (Å²) >= 11 is 3.44. The minimum absolute atomic E-state index is 0.163. The Hall–Kier alpha value is -0.480. The first-order chi connectivity index (χ1) is 5.79. The number of thioether (sulfide) groups is 1. The fraction of sp³-hybridized carbons (Fsp3) is 0.375. The van der Waals surface area contributed by atoms with Crippen LogP contribution in [-0.4, -0.2) is 30.2 Å². The Morgan fingerprint density at radius 3 is 3.25 bits per heavy atom. The molecule has 0 saturated heterocycles. The molecular formula is C8H9NOS2. The zero-order chi connectivity index (χ0) is 8.55. The molecule has 2 heterocycles. The molecule has 0 spiro atoms. The molecule has 0 unspecified atom stereocenters. The van der Waals surface area contributed by atoms with E-state index >= 15 is 0 Å². The van der Waals surface area contributed by atoms with Gasteiger partial charge in [0.15, 0.2) is 0 Å². The highest BCUT2D eigenvalue weighted by Gasteiger charge is 2.20. The van der Waals surface area contributed by atoms with Crippen LogP contribution in [0, 0.1) is 0 Å². The monoisotopic (exact) mass is 199 g/mol. The summed E-state index contributed by atoms with van der Waals surface area (Å²) in [5.74, 6) is 1.17. The Bertz CT molecular complexity index is 308. The van der Waals surface area contributed by atoms with E-state index in [1.54, 1.807) is 28.0 Å². The molecule has 0 saturated carbocycles. The van der Waals surface area contributed by atoms with E-state index in [1.165, 1.54) is 4.21 Å². The molecule has 2 nitrogen and oxygen atoms in total. The van der Waals surface area contributed by atoms with Gasteiger partial charge in [-0.1, -0.05) is 0 Å². The van der Waals surface area contributed by atoms with E-state index in [9.17, 15) is 4.79 Å². The molecule has 64 valence electrons. The summed E-state index contributed by atoms with van der Waals surface area (Å²) in [6.45, 7) is 0.852. The van der Waals surface area contributed by atoms with Gasteiger partial charge in [-0.2, -0.15) is 0 Å². The first-order valence-corrected chi connectivity index (χ1v) is 5.61. The van der Waals surface area contributed by atoms with E-state index in [4.69, 9.17) is 0 Å². The standard InChI is InChI=1S/C8H9NOS2/c1-9-3-5-12-8-6(7(9)10)2-4-11-8/h2,4H,3,5H2,1H3. The van der Waals surface area contributed by atoms with Crippen LogP contribution < -0.4 is 0 Å². The molecule has 1 aliphatic heterocycles. The highest BCUT2D eigenvalue weighted by Crippen LogP contribution is 2.31. The van der Waals surface area contributed by atoms with Gasteiger partial charge in [0.2, 0.25) is 0 Å². The van der Waals surface area contributed by atoms with Crippen molar-refractivity contribution in [2.45, 2.75) is 4.21 Å². The minimum Gasteiger partial charge on any atom is -0.341 e. The fourth-order valence-corrected chi connectivity index (χ4v) is 3.31. The largest absolute Gasteiger partial charge is 0.341 e. The smallest absolute Gasteiger partial charge is 0.255 e. The average molecular weight is 199 g/mol. The number of thiophene rings is 1. The minimum atomic E-state index is 0.163. The molecule has 1 aromatic rings. The van der Waals surface area contributed by atoms with Gasteiger partial charge in [0.05, 0.1) is 9.77 Å². The molecule has 0 radical (unpaired) electrons. The maximum atomic E-state index is 11.6. The third-order valence-electron chi connectivity index (χ3n) is 1.87. The average Bonchev–Trinajstić information content (AvgIpc) is 2.46. The van der Waals surface area contributed by atoms with E-state index in [1.807, 2.05) is 18.5 Å². The van der Waals surface area contributed by atoms with Crippen molar-refractivity contribution in [1.82, 2.24) is 4.90 Å². The van der Waals surface area contributed by atoms with E-state index in [0.29, 0.717) is 0 Å². The summed E-state index contributed by atoms with van der Waals surface area (Å²) in [6.07, 6.45) is 0. The lowest BCUT2D eigenvalue weighted by atomic mass is 10.3. The molecule has 0 aliphatic carbocycles. The lowest BCUT2D eigenvalue weighted by Crippen LogP contribution is -2.27. The number of rotatable bonds is 0. The van der Waals surface area contributed by atoms with Gasteiger partial charge >= 0.3 is 0 Å². The number of nitrogens with zero attached hydrogens (tertiary/aromatic N) is 1. The summed E-state index contributed by atoms with van der Waals surface area (Å²) in [7, 11) is 1.86. The molecule has 12 heavy (non-hydrogen) atoms. The van der Waals surface area contributed by atoms with Crippen molar-refractivity contribution in [2.24, 2.45) is 0 Å². The SMILES string of the molecule is CN1CCSc2sccc2C1=O. The van der Waals surface area contributed by atoms with Crippen LogP contribution in [-0.2, 0) is 0 Å². The zero-order valence-electron chi connectivity index (χ0n) is 6.74. The molecule has 0 N–H and O–H groups in total. The lowest BCUT2D eigenvalue weighted by Gasteiger charge is -2.12. The van der Waals surface area contributed by atoms with Crippen LogP contribution in [0.5, 0.6) is 0 Å².